The molecule has 0 spiro atoms. The van der Waals surface area contributed by atoms with Gasteiger partial charge in [0.1, 0.15) is 0 Å². The van der Waals surface area contributed by atoms with Crippen LogP contribution in [-0.4, -0.2) is 21.1 Å². The molecule has 3 aromatic rings. The Kier molecular flexibility index (Phi) is 4.03. The maximum absolute atomic E-state index is 13.2. The predicted molar refractivity (Wildman–Crippen MR) is 81.1 cm³/mol. The van der Waals surface area contributed by atoms with E-state index in [-0.39, 0.29) is 16.4 Å². The number of nitrogens with one attached hydrogen (secondary N) is 2. The van der Waals surface area contributed by atoms with E-state index >= 15 is 0 Å². The Morgan fingerprint density at radius 3 is 2.57 bits per heavy atom. The Balaban J connectivity index is 1.82. The van der Waals surface area contributed by atoms with Crippen LogP contribution in [0.1, 0.15) is 10.4 Å². The van der Waals surface area contributed by atoms with Crippen LogP contribution in [0.5, 0.6) is 0 Å². The summed E-state index contributed by atoms with van der Waals surface area (Å²) in [6, 6.07) is 6.62. The molecule has 1 amide bonds. The Morgan fingerprint density at radius 1 is 1.13 bits per heavy atom. The standard InChI is InChI=1S/C15H9ClF2N4O/c16-10-6-12(18)11(17)5-9(10)15(23)20-14-7-13(21-22-14)8-1-3-19-4-2-8/h1-7H,(H2,20,21,22,23). The van der Waals surface area contributed by atoms with Crippen LogP contribution >= 0.6 is 11.6 Å². The number of rotatable bonds is 3. The molecule has 0 radical (unpaired) electrons. The van der Waals surface area contributed by atoms with E-state index in [1.165, 1.54) is 0 Å². The second kappa shape index (κ2) is 6.13. The minimum Gasteiger partial charge on any atom is -0.305 e. The Bertz CT molecular complexity index is 867. The lowest BCUT2D eigenvalue weighted by Crippen LogP contribution is -2.13. The molecule has 3 rings (SSSR count). The van der Waals surface area contributed by atoms with Gasteiger partial charge in [-0.15, -0.1) is 0 Å². The van der Waals surface area contributed by atoms with Gasteiger partial charge in [0.25, 0.3) is 5.91 Å². The number of pyridine rings is 1. The van der Waals surface area contributed by atoms with Gasteiger partial charge >= 0.3 is 0 Å². The quantitative estimate of drug-likeness (QED) is 0.718. The van der Waals surface area contributed by atoms with Gasteiger partial charge in [-0.2, -0.15) is 5.10 Å². The third-order valence-corrected chi connectivity index (χ3v) is 3.38. The second-order valence-corrected chi connectivity index (χ2v) is 5.01. The van der Waals surface area contributed by atoms with Crippen molar-refractivity contribution >= 4 is 23.3 Å². The van der Waals surface area contributed by atoms with Crippen LogP contribution in [0, 0.1) is 11.6 Å². The molecule has 8 heteroatoms. The lowest BCUT2D eigenvalue weighted by molar-refractivity contribution is 0.102. The van der Waals surface area contributed by atoms with Gasteiger partial charge in [0, 0.05) is 24.0 Å². The summed E-state index contributed by atoms with van der Waals surface area (Å²) in [5, 5.41) is 8.97. The zero-order valence-corrected chi connectivity index (χ0v) is 12.2. The van der Waals surface area contributed by atoms with Crippen molar-refractivity contribution < 1.29 is 13.6 Å². The summed E-state index contributed by atoms with van der Waals surface area (Å²) in [4.78, 5) is 16.0. The molecule has 0 aliphatic rings. The highest BCUT2D eigenvalue weighted by molar-refractivity contribution is 6.34. The van der Waals surface area contributed by atoms with Gasteiger partial charge in [-0.3, -0.25) is 14.9 Å². The smallest absolute Gasteiger partial charge is 0.258 e. The topological polar surface area (TPSA) is 70.7 Å². The van der Waals surface area contributed by atoms with Crippen molar-refractivity contribution in [3.63, 3.8) is 0 Å². The van der Waals surface area contributed by atoms with E-state index in [2.05, 4.69) is 20.5 Å². The van der Waals surface area contributed by atoms with Gasteiger partial charge in [-0.1, -0.05) is 11.6 Å². The molecule has 2 heterocycles. The van der Waals surface area contributed by atoms with E-state index in [1.807, 2.05) is 0 Å². The molecule has 0 saturated carbocycles. The lowest BCUT2D eigenvalue weighted by atomic mass is 10.2. The molecule has 2 aromatic heterocycles. The summed E-state index contributed by atoms with van der Waals surface area (Å²) in [7, 11) is 0. The number of aromatic amines is 1. The molecule has 0 unspecified atom stereocenters. The average molecular weight is 335 g/mol. The minimum atomic E-state index is -1.15. The summed E-state index contributed by atoms with van der Waals surface area (Å²) in [5.41, 5.74) is 1.32. The van der Waals surface area contributed by atoms with Crippen LogP contribution < -0.4 is 5.32 Å². The van der Waals surface area contributed by atoms with Crippen molar-refractivity contribution in [2.45, 2.75) is 0 Å². The number of nitrogens with zero attached hydrogens (tertiary/aromatic N) is 2. The number of amides is 1. The summed E-state index contributed by atoms with van der Waals surface area (Å²) in [6.45, 7) is 0. The van der Waals surface area contributed by atoms with Crippen molar-refractivity contribution in [2.75, 3.05) is 5.32 Å². The third-order valence-electron chi connectivity index (χ3n) is 3.07. The summed E-state index contributed by atoms with van der Waals surface area (Å²) >= 11 is 5.76. The number of hydrogen-bond acceptors (Lipinski definition) is 3. The largest absolute Gasteiger partial charge is 0.305 e. The third kappa shape index (κ3) is 3.19. The molecule has 1 aromatic carbocycles. The van der Waals surface area contributed by atoms with Gasteiger partial charge in [-0.05, 0) is 24.3 Å². The van der Waals surface area contributed by atoms with Crippen LogP contribution in [0.15, 0.2) is 42.7 Å². The zero-order valence-electron chi connectivity index (χ0n) is 11.5. The molecule has 0 bridgehead atoms. The second-order valence-electron chi connectivity index (χ2n) is 4.60. The SMILES string of the molecule is O=C(Nc1cc(-c2ccncc2)[nH]n1)c1cc(F)c(F)cc1Cl. The molecule has 0 saturated heterocycles. The van der Waals surface area contributed by atoms with E-state index in [0.717, 1.165) is 17.7 Å². The molecule has 0 aliphatic heterocycles. The Hall–Kier alpha value is -2.80. The maximum Gasteiger partial charge on any atom is 0.258 e. The van der Waals surface area contributed by atoms with E-state index in [1.54, 1.807) is 30.6 Å². The highest BCUT2D eigenvalue weighted by Crippen LogP contribution is 2.22. The summed E-state index contributed by atoms with van der Waals surface area (Å²) in [5.74, 6) is -2.74. The fourth-order valence-electron chi connectivity index (χ4n) is 1.95. The van der Waals surface area contributed by atoms with Crippen molar-refractivity contribution in [3.8, 4) is 11.3 Å². The van der Waals surface area contributed by atoms with Crippen LogP contribution in [0.4, 0.5) is 14.6 Å². The van der Waals surface area contributed by atoms with E-state index in [9.17, 15) is 13.6 Å². The predicted octanol–water partition coefficient (Wildman–Crippen LogP) is 3.66. The first kappa shape index (κ1) is 15.1. The summed E-state index contributed by atoms with van der Waals surface area (Å²) in [6.07, 6.45) is 3.24. The van der Waals surface area contributed by atoms with Crippen LogP contribution in [-0.2, 0) is 0 Å². The zero-order chi connectivity index (χ0) is 16.4. The number of benzene rings is 1. The lowest BCUT2D eigenvalue weighted by Gasteiger charge is -2.05. The molecule has 0 fully saturated rings. The molecule has 5 nitrogen and oxygen atoms in total. The van der Waals surface area contributed by atoms with Gasteiger partial charge in [0.05, 0.1) is 16.3 Å². The van der Waals surface area contributed by atoms with Gasteiger partial charge in [0.15, 0.2) is 17.5 Å². The first-order valence-corrected chi connectivity index (χ1v) is 6.84. The maximum atomic E-state index is 13.2. The highest BCUT2D eigenvalue weighted by atomic mass is 35.5. The number of aromatic nitrogens is 3. The number of hydrogen-bond donors (Lipinski definition) is 2. The van der Waals surface area contributed by atoms with Crippen LogP contribution in [0.3, 0.4) is 0 Å². The van der Waals surface area contributed by atoms with Crippen LogP contribution in [0.25, 0.3) is 11.3 Å². The number of anilines is 1. The molecule has 0 aliphatic carbocycles. The average Bonchev–Trinajstić information content (AvgIpc) is 3.00. The van der Waals surface area contributed by atoms with E-state index in [0.29, 0.717) is 5.69 Å². The fourth-order valence-corrected chi connectivity index (χ4v) is 2.18. The normalized spacial score (nSPS) is 10.6. The number of carbonyl (C=O) groups excluding carboxylic acids is 1. The summed E-state index contributed by atoms with van der Waals surface area (Å²) < 4.78 is 26.3. The van der Waals surface area contributed by atoms with Gasteiger partial charge in [0.2, 0.25) is 0 Å². The monoisotopic (exact) mass is 334 g/mol. The number of halogens is 3. The van der Waals surface area contributed by atoms with Gasteiger partial charge < -0.3 is 5.32 Å². The van der Waals surface area contributed by atoms with Crippen molar-refractivity contribution in [3.05, 3.63) is 64.9 Å². The van der Waals surface area contributed by atoms with Gasteiger partial charge in [-0.25, -0.2) is 8.78 Å². The minimum absolute atomic E-state index is 0.181. The van der Waals surface area contributed by atoms with Crippen LogP contribution in [0.2, 0.25) is 5.02 Å². The molecule has 23 heavy (non-hydrogen) atoms. The molecule has 0 atom stereocenters. The highest BCUT2D eigenvalue weighted by Gasteiger charge is 2.16. The first-order chi connectivity index (χ1) is 11.0. The molecular formula is C15H9ClF2N4O. The molecule has 2 N–H and O–H groups in total. The number of H-pyrrole nitrogens is 1. The molecule has 116 valence electrons. The fraction of sp³-hybridized carbons (Fsp3) is 0. The number of carbonyl (C=O) groups is 1. The Morgan fingerprint density at radius 2 is 1.83 bits per heavy atom. The Labute approximate surface area is 134 Å². The first-order valence-electron chi connectivity index (χ1n) is 6.46. The molecular weight excluding hydrogens is 326 g/mol. The van der Waals surface area contributed by atoms with Crippen molar-refractivity contribution in [1.82, 2.24) is 15.2 Å². The van der Waals surface area contributed by atoms with Crippen molar-refractivity contribution in [2.24, 2.45) is 0 Å². The van der Waals surface area contributed by atoms with E-state index < -0.39 is 17.5 Å². The van der Waals surface area contributed by atoms with E-state index in [4.69, 9.17) is 11.6 Å². The van der Waals surface area contributed by atoms with Crippen molar-refractivity contribution in [1.29, 1.82) is 0 Å².